The maximum absolute atomic E-state index is 12.6. The number of hydrogen-bond acceptors (Lipinski definition) is 2. The largest absolute Gasteiger partial charge is 0.376 e. The summed E-state index contributed by atoms with van der Waals surface area (Å²) in [5, 5.41) is 3.02. The summed E-state index contributed by atoms with van der Waals surface area (Å²) in [4.78, 5) is 12.6. The second-order valence-corrected chi connectivity index (χ2v) is 8.94. The van der Waals surface area contributed by atoms with Crippen LogP contribution < -0.4 is 5.32 Å². The fraction of sp³-hybridized carbons (Fsp3) is 0.370. The van der Waals surface area contributed by atoms with Crippen molar-refractivity contribution in [2.24, 2.45) is 5.92 Å². The summed E-state index contributed by atoms with van der Waals surface area (Å²) in [7, 11) is 0. The van der Waals surface area contributed by atoms with Gasteiger partial charge in [-0.05, 0) is 79.5 Å². The average molecular weight is 415 g/mol. The number of nitrogens with one attached hydrogen (secondary N) is 1. The molecule has 1 fully saturated rings. The highest BCUT2D eigenvalue weighted by Gasteiger charge is 2.23. The molecule has 1 N–H and O–H groups in total. The number of amides is 1. The van der Waals surface area contributed by atoms with Crippen molar-refractivity contribution >= 4 is 5.91 Å². The van der Waals surface area contributed by atoms with Gasteiger partial charge in [0.1, 0.15) is 0 Å². The lowest BCUT2D eigenvalue weighted by molar-refractivity contribution is 0.0858. The lowest BCUT2D eigenvalue weighted by Crippen LogP contribution is -2.31. The Kier molecular flexibility index (Phi) is 5.65. The van der Waals surface area contributed by atoms with Crippen LogP contribution in [-0.2, 0) is 17.6 Å². The van der Waals surface area contributed by atoms with Crippen molar-refractivity contribution in [3.8, 4) is 16.9 Å². The molecule has 4 nitrogen and oxygen atoms in total. The smallest absolute Gasteiger partial charge is 0.251 e. The first-order valence-corrected chi connectivity index (χ1v) is 11.5. The van der Waals surface area contributed by atoms with Crippen LogP contribution in [0, 0.1) is 5.92 Å². The Bertz CT molecular complexity index is 1050. The second-order valence-electron chi connectivity index (χ2n) is 8.94. The van der Waals surface area contributed by atoms with E-state index < -0.39 is 0 Å². The number of carbonyl (C=O) groups is 1. The van der Waals surface area contributed by atoms with Crippen molar-refractivity contribution in [3.63, 3.8) is 0 Å². The number of hydrogen-bond donors (Lipinski definition) is 1. The number of ether oxygens (including phenoxy) is 1. The molecule has 2 aromatic carbocycles. The van der Waals surface area contributed by atoms with Gasteiger partial charge in [0.25, 0.3) is 5.91 Å². The molecule has 0 radical (unpaired) electrons. The Morgan fingerprint density at radius 1 is 1.10 bits per heavy atom. The summed E-state index contributed by atoms with van der Waals surface area (Å²) in [5.41, 5.74) is 7.13. The van der Waals surface area contributed by atoms with Crippen LogP contribution >= 0.6 is 0 Å². The summed E-state index contributed by atoms with van der Waals surface area (Å²) in [5.74, 6) is 0.690. The Morgan fingerprint density at radius 3 is 2.65 bits per heavy atom. The minimum Gasteiger partial charge on any atom is -0.376 e. The van der Waals surface area contributed by atoms with E-state index in [1.807, 2.05) is 12.1 Å². The van der Waals surface area contributed by atoms with Crippen LogP contribution in [0.2, 0.25) is 0 Å². The second kappa shape index (κ2) is 8.72. The predicted octanol–water partition coefficient (Wildman–Crippen LogP) is 5.18. The van der Waals surface area contributed by atoms with Gasteiger partial charge in [-0.15, -0.1) is 0 Å². The minimum absolute atomic E-state index is 0.0336. The fourth-order valence-corrected chi connectivity index (χ4v) is 4.90. The summed E-state index contributed by atoms with van der Waals surface area (Å²) in [6.07, 6.45) is 5.71. The van der Waals surface area contributed by atoms with Crippen molar-refractivity contribution in [2.75, 3.05) is 13.2 Å². The fourth-order valence-electron chi connectivity index (χ4n) is 4.90. The number of carbonyl (C=O) groups excluding carboxylic acids is 1. The first kappa shape index (κ1) is 20.1. The number of rotatable bonds is 5. The topological polar surface area (TPSA) is 43.3 Å². The average Bonchev–Trinajstić information content (AvgIpc) is 3.46. The zero-order valence-electron chi connectivity index (χ0n) is 18.1. The maximum atomic E-state index is 12.6. The summed E-state index contributed by atoms with van der Waals surface area (Å²) < 4.78 is 8.00. The summed E-state index contributed by atoms with van der Waals surface area (Å²) in [6, 6.07) is 21.0. The number of fused-ring (bicyclic) bond motifs is 1. The van der Waals surface area contributed by atoms with Crippen molar-refractivity contribution < 1.29 is 9.53 Å². The third-order valence-corrected chi connectivity index (χ3v) is 6.61. The van der Waals surface area contributed by atoms with Gasteiger partial charge in [0.2, 0.25) is 0 Å². The molecule has 31 heavy (non-hydrogen) atoms. The zero-order chi connectivity index (χ0) is 21.2. The first-order valence-electron chi connectivity index (χ1n) is 11.5. The number of nitrogens with zero attached hydrogens (tertiary/aromatic N) is 1. The van der Waals surface area contributed by atoms with Gasteiger partial charge in [-0.2, -0.15) is 0 Å². The zero-order valence-corrected chi connectivity index (χ0v) is 18.1. The number of aromatic nitrogens is 1. The van der Waals surface area contributed by atoms with E-state index in [1.54, 1.807) is 0 Å². The van der Waals surface area contributed by atoms with Crippen molar-refractivity contribution in [1.82, 2.24) is 9.88 Å². The normalized spacial score (nSPS) is 20.4. The van der Waals surface area contributed by atoms with Gasteiger partial charge in [0.15, 0.2) is 0 Å². The maximum Gasteiger partial charge on any atom is 0.251 e. The molecule has 0 unspecified atom stereocenters. The monoisotopic (exact) mass is 414 g/mol. The molecule has 0 bridgehead atoms. The van der Waals surface area contributed by atoms with Crippen LogP contribution in [0.1, 0.15) is 47.8 Å². The lowest BCUT2D eigenvalue weighted by Gasteiger charge is -2.21. The molecule has 0 saturated carbocycles. The van der Waals surface area contributed by atoms with E-state index in [4.69, 9.17) is 4.74 Å². The Hall–Kier alpha value is -2.85. The molecule has 5 rings (SSSR count). The molecule has 0 spiro atoms. The highest BCUT2D eigenvalue weighted by Crippen LogP contribution is 2.35. The van der Waals surface area contributed by atoms with Gasteiger partial charge in [-0.25, -0.2) is 0 Å². The highest BCUT2D eigenvalue weighted by atomic mass is 16.5. The molecule has 2 aliphatic rings. The van der Waals surface area contributed by atoms with Crippen LogP contribution in [0.25, 0.3) is 16.9 Å². The molecular weight excluding hydrogens is 384 g/mol. The van der Waals surface area contributed by atoms with E-state index in [0.717, 1.165) is 43.9 Å². The Balaban J connectivity index is 1.43. The standard InChI is InChI=1S/C27H30N2O2/c1-19-9-14-25-22(16-19)17-26(20-6-3-2-4-7-20)29(25)23-12-10-21(11-13-23)27(30)28-18-24-8-5-15-31-24/h2-4,6-7,10-13,17,19,24H,5,8-9,14-16,18H2,1H3,(H,28,30)/t19-,24+/m0/s1. The van der Waals surface area contributed by atoms with Gasteiger partial charge < -0.3 is 14.6 Å². The van der Waals surface area contributed by atoms with Crippen molar-refractivity contribution in [3.05, 3.63) is 77.5 Å². The molecule has 2 atom stereocenters. The molecule has 160 valence electrons. The molecule has 1 aliphatic heterocycles. The van der Waals surface area contributed by atoms with E-state index in [1.165, 1.54) is 28.9 Å². The van der Waals surface area contributed by atoms with Crippen molar-refractivity contribution in [2.45, 2.75) is 45.1 Å². The van der Waals surface area contributed by atoms with E-state index >= 15 is 0 Å². The Labute approximate surface area is 184 Å². The number of benzene rings is 2. The molecular formula is C27H30N2O2. The molecule has 2 heterocycles. The molecule has 1 amide bonds. The predicted molar refractivity (Wildman–Crippen MR) is 124 cm³/mol. The quantitative estimate of drug-likeness (QED) is 0.625. The third-order valence-electron chi connectivity index (χ3n) is 6.61. The van der Waals surface area contributed by atoms with Crippen molar-refractivity contribution in [1.29, 1.82) is 0 Å². The van der Waals surface area contributed by atoms with Gasteiger partial charge in [0.05, 0.1) is 11.8 Å². The van der Waals surface area contributed by atoms with Crippen LogP contribution in [0.15, 0.2) is 60.7 Å². The Morgan fingerprint density at radius 2 is 1.90 bits per heavy atom. The molecule has 1 aliphatic carbocycles. The highest BCUT2D eigenvalue weighted by molar-refractivity contribution is 5.94. The van der Waals surface area contributed by atoms with Gasteiger partial charge in [-0.3, -0.25) is 4.79 Å². The van der Waals surface area contributed by atoms with Crippen LogP contribution in [-0.4, -0.2) is 29.7 Å². The third kappa shape index (κ3) is 4.17. The van der Waals surface area contributed by atoms with Crippen LogP contribution in [0.3, 0.4) is 0 Å². The summed E-state index contributed by atoms with van der Waals surface area (Å²) >= 11 is 0. The minimum atomic E-state index is -0.0336. The van der Waals surface area contributed by atoms with Gasteiger partial charge >= 0.3 is 0 Å². The van der Waals surface area contributed by atoms with Gasteiger partial charge in [-0.1, -0.05) is 37.3 Å². The lowest BCUT2D eigenvalue weighted by atomic mass is 9.89. The summed E-state index contributed by atoms with van der Waals surface area (Å²) in [6.45, 7) is 3.73. The van der Waals surface area contributed by atoms with E-state index in [9.17, 15) is 4.79 Å². The molecule has 1 saturated heterocycles. The van der Waals surface area contributed by atoms with Crippen LogP contribution in [0.4, 0.5) is 0 Å². The van der Waals surface area contributed by atoms with Gasteiger partial charge in [0, 0.05) is 30.1 Å². The molecule has 3 aromatic rings. The van der Waals surface area contributed by atoms with E-state index in [-0.39, 0.29) is 12.0 Å². The molecule has 4 heteroatoms. The first-order chi connectivity index (χ1) is 15.2. The van der Waals surface area contributed by atoms with E-state index in [0.29, 0.717) is 12.1 Å². The van der Waals surface area contributed by atoms with Crippen LogP contribution in [0.5, 0.6) is 0 Å². The van der Waals surface area contributed by atoms with E-state index in [2.05, 4.69) is 65.3 Å². The molecule has 1 aromatic heterocycles. The SMILES string of the molecule is C[C@H]1CCc2c(cc(-c3ccccc3)n2-c2ccc(C(=O)NC[C@H]3CCCO3)cc2)C1.